The minimum Gasteiger partial charge on any atom is -0.484 e. The second-order valence-electron chi connectivity index (χ2n) is 6.74. The third kappa shape index (κ3) is 4.52. The molecule has 1 amide bonds. The average molecular weight is 384 g/mol. The number of hydrogen-bond acceptors (Lipinski definition) is 2. The molecule has 0 aliphatic heterocycles. The first-order valence-corrected chi connectivity index (χ1v) is 9.42. The molecule has 0 radical (unpaired) electrons. The number of carbonyl (C=O) groups excluding carboxylic acids is 1. The Kier molecular flexibility index (Phi) is 5.38. The van der Waals surface area contributed by atoms with Crippen LogP contribution < -0.4 is 14.6 Å². The maximum Gasteiger partial charge on any atom is 0.262 e. The van der Waals surface area contributed by atoms with Gasteiger partial charge in [0.25, 0.3) is 5.91 Å². The molecule has 144 valence electrons. The number of amides is 1. The Balaban J connectivity index is 1.32. The first-order valence-electron chi connectivity index (χ1n) is 9.42. The lowest BCUT2D eigenvalue weighted by atomic mass is 10.0. The molecule has 0 spiro atoms. The van der Waals surface area contributed by atoms with E-state index >= 15 is 0 Å². The van der Waals surface area contributed by atoms with Gasteiger partial charge in [-0.05, 0) is 60.0 Å². The van der Waals surface area contributed by atoms with Crippen LogP contribution in [0.4, 0.5) is 5.69 Å². The molecular weight excluding hydrogens is 362 g/mol. The van der Waals surface area contributed by atoms with Crippen LogP contribution in [0.3, 0.4) is 0 Å². The highest BCUT2D eigenvalue weighted by molar-refractivity contribution is 5.92. The van der Waals surface area contributed by atoms with Crippen LogP contribution in [0, 0.1) is 6.92 Å². The number of aryl methyl sites for hydroxylation is 1. The maximum absolute atomic E-state index is 12.2. The highest BCUT2D eigenvalue weighted by Gasteiger charge is 2.07. The number of ether oxygens (including phenoxy) is 1. The van der Waals surface area contributed by atoms with Gasteiger partial charge in [0, 0.05) is 5.69 Å². The van der Waals surface area contributed by atoms with Gasteiger partial charge >= 0.3 is 0 Å². The molecule has 1 heterocycles. The summed E-state index contributed by atoms with van der Waals surface area (Å²) in [6.45, 7) is 2.04. The summed E-state index contributed by atoms with van der Waals surface area (Å²) in [5, 5.41) is 2.87. The van der Waals surface area contributed by atoms with Crippen molar-refractivity contribution < 1.29 is 14.1 Å². The van der Waals surface area contributed by atoms with Gasteiger partial charge in [-0.3, -0.25) is 4.79 Å². The van der Waals surface area contributed by atoms with E-state index in [2.05, 4.69) is 29.4 Å². The van der Waals surface area contributed by atoms with E-state index in [0.29, 0.717) is 5.75 Å². The molecule has 4 aromatic rings. The topological polar surface area (TPSA) is 58.0 Å². The lowest BCUT2D eigenvalue weighted by molar-refractivity contribution is -0.594. The van der Waals surface area contributed by atoms with Gasteiger partial charge in [0.2, 0.25) is 6.33 Å². The van der Waals surface area contributed by atoms with Crippen molar-refractivity contribution in [2.24, 2.45) is 0 Å². The highest BCUT2D eigenvalue weighted by Crippen LogP contribution is 2.24. The summed E-state index contributed by atoms with van der Waals surface area (Å²) in [5.74, 6) is 0.452. The molecule has 0 aliphatic rings. The fourth-order valence-electron chi connectivity index (χ4n) is 3.14. The van der Waals surface area contributed by atoms with Crippen LogP contribution in [0.2, 0.25) is 0 Å². The van der Waals surface area contributed by atoms with Crippen LogP contribution in [0.1, 0.15) is 5.56 Å². The van der Waals surface area contributed by atoms with Gasteiger partial charge in [-0.15, -0.1) is 0 Å². The number of aromatic nitrogens is 2. The zero-order chi connectivity index (χ0) is 20.1. The van der Waals surface area contributed by atoms with Gasteiger partial charge in [0.1, 0.15) is 23.8 Å². The van der Waals surface area contributed by atoms with Crippen molar-refractivity contribution >= 4 is 11.6 Å². The Labute approximate surface area is 169 Å². The fraction of sp³-hybridized carbons (Fsp3) is 0.0833. The van der Waals surface area contributed by atoms with E-state index in [1.54, 1.807) is 0 Å². The Morgan fingerprint density at radius 2 is 1.76 bits per heavy atom. The van der Waals surface area contributed by atoms with E-state index in [1.165, 1.54) is 11.1 Å². The zero-order valence-corrected chi connectivity index (χ0v) is 16.1. The van der Waals surface area contributed by atoms with Gasteiger partial charge in [0.05, 0.1) is 0 Å². The smallest absolute Gasteiger partial charge is 0.262 e. The van der Waals surface area contributed by atoms with Gasteiger partial charge in [-0.2, -0.15) is 0 Å². The molecule has 5 nitrogen and oxygen atoms in total. The second-order valence-corrected chi connectivity index (χ2v) is 6.74. The molecule has 2 N–H and O–H groups in total. The van der Waals surface area contributed by atoms with Crippen molar-refractivity contribution in [1.29, 1.82) is 0 Å². The Morgan fingerprint density at radius 3 is 2.45 bits per heavy atom. The lowest BCUT2D eigenvalue weighted by Gasteiger charge is -2.09. The SMILES string of the molecule is Cc1ccccc1-c1ccc(NC(=O)COc2ccc(-[n+]3cc[nH]c3)cc2)cc1. The Hall–Kier alpha value is -3.86. The summed E-state index contributed by atoms with van der Waals surface area (Å²) >= 11 is 0. The molecule has 0 fully saturated rings. The summed E-state index contributed by atoms with van der Waals surface area (Å²) in [4.78, 5) is 15.2. The molecule has 29 heavy (non-hydrogen) atoms. The largest absolute Gasteiger partial charge is 0.484 e. The van der Waals surface area contributed by atoms with Crippen LogP contribution in [0.25, 0.3) is 16.8 Å². The summed E-state index contributed by atoms with van der Waals surface area (Å²) in [6.07, 6.45) is 5.63. The first-order chi connectivity index (χ1) is 14.2. The van der Waals surface area contributed by atoms with Crippen LogP contribution >= 0.6 is 0 Å². The predicted octanol–water partition coefficient (Wildman–Crippen LogP) is 4.28. The maximum atomic E-state index is 12.2. The molecular formula is C24H22N3O2+. The fourth-order valence-corrected chi connectivity index (χ4v) is 3.14. The number of benzene rings is 3. The number of anilines is 1. The van der Waals surface area contributed by atoms with Crippen molar-refractivity contribution in [2.45, 2.75) is 6.92 Å². The van der Waals surface area contributed by atoms with E-state index in [0.717, 1.165) is 16.9 Å². The van der Waals surface area contributed by atoms with Gasteiger partial charge in [-0.1, -0.05) is 36.4 Å². The number of nitrogens with one attached hydrogen (secondary N) is 2. The molecule has 4 rings (SSSR count). The van der Waals surface area contributed by atoms with Crippen molar-refractivity contribution in [1.82, 2.24) is 4.98 Å². The van der Waals surface area contributed by atoms with Gasteiger partial charge < -0.3 is 10.1 Å². The third-order valence-electron chi connectivity index (χ3n) is 4.67. The number of rotatable bonds is 6. The Morgan fingerprint density at radius 1 is 1.00 bits per heavy atom. The molecule has 0 bridgehead atoms. The summed E-state index contributed by atoms with van der Waals surface area (Å²) in [6, 6.07) is 23.6. The molecule has 0 saturated heterocycles. The number of imidazole rings is 1. The zero-order valence-electron chi connectivity index (χ0n) is 16.1. The van der Waals surface area contributed by atoms with Gasteiger partial charge in [0.15, 0.2) is 6.61 Å². The number of H-pyrrole nitrogens is 1. The van der Waals surface area contributed by atoms with Crippen molar-refractivity contribution in [2.75, 3.05) is 11.9 Å². The summed E-state index contributed by atoms with van der Waals surface area (Å²) in [5.41, 5.74) is 5.29. The lowest BCUT2D eigenvalue weighted by Crippen LogP contribution is -2.26. The molecule has 1 aromatic heterocycles. The van der Waals surface area contributed by atoms with E-state index in [4.69, 9.17) is 4.74 Å². The molecule has 3 aromatic carbocycles. The first kappa shape index (κ1) is 18.5. The quantitative estimate of drug-likeness (QED) is 0.488. The molecule has 0 unspecified atom stereocenters. The third-order valence-corrected chi connectivity index (χ3v) is 4.67. The van der Waals surface area contributed by atoms with Crippen molar-refractivity contribution in [3.8, 4) is 22.6 Å². The number of carbonyl (C=O) groups is 1. The minimum atomic E-state index is -0.197. The van der Waals surface area contributed by atoms with Crippen LogP contribution in [0.15, 0.2) is 91.5 Å². The molecule has 0 saturated carbocycles. The van der Waals surface area contributed by atoms with Crippen molar-refractivity contribution in [3.05, 3.63) is 97.1 Å². The van der Waals surface area contributed by atoms with Gasteiger partial charge in [-0.25, -0.2) is 9.55 Å². The summed E-state index contributed by atoms with van der Waals surface area (Å²) in [7, 11) is 0. The number of hydrogen-bond donors (Lipinski definition) is 2. The van der Waals surface area contributed by atoms with Crippen LogP contribution in [0.5, 0.6) is 5.75 Å². The van der Waals surface area contributed by atoms with E-state index in [-0.39, 0.29) is 12.5 Å². The number of nitrogens with zero attached hydrogens (tertiary/aromatic N) is 1. The normalized spacial score (nSPS) is 10.5. The van der Waals surface area contributed by atoms with E-state index < -0.39 is 0 Å². The van der Waals surface area contributed by atoms with Crippen LogP contribution in [-0.2, 0) is 4.79 Å². The second kappa shape index (κ2) is 8.44. The minimum absolute atomic E-state index is 0.0454. The predicted molar refractivity (Wildman–Crippen MR) is 113 cm³/mol. The van der Waals surface area contributed by atoms with E-state index in [1.807, 2.05) is 84.0 Å². The summed E-state index contributed by atoms with van der Waals surface area (Å²) < 4.78 is 7.55. The van der Waals surface area contributed by atoms with Crippen molar-refractivity contribution in [3.63, 3.8) is 0 Å². The standard InChI is InChI=1S/C24H21N3O2/c1-18-4-2-3-5-23(18)19-6-8-20(9-7-19)26-24(28)16-29-22-12-10-21(11-13-22)27-15-14-25-17-27/h2-15,17H,16H2,1H3,(H,26,28)/p+1. The molecule has 0 atom stereocenters. The molecule has 5 heteroatoms. The highest BCUT2D eigenvalue weighted by atomic mass is 16.5. The monoisotopic (exact) mass is 384 g/mol. The van der Waals surface area contributed by atoms with Crippen LogP contribution in [-0.4, -0.2) is 17.5 Å². The number of aromatic amines is 1. The van der Waals surface area contributed by atoms with E-state index in [9.17, 15) is 4.79 Å². The average Bonchev–Trinajstić information content (AvgIpc) is 3.29. The molecule has 0 aliphatic carbocycles. The Bertz CT molecular complexity index is 1090.